The van der Waals surface area contributed by atoms with E-state index in [2.05, 4.69) is 10.1 Å². The molecular weight excluding hydrogens is 255 g/mol. The third-order valence-electron chi connectivity index (χ3n) is 2.85. The van der Waals surface area contributed by atoms with Crippen molar-refractivity contribution in [2.24, 2.45) is 0 Å². The summed E-state index contributed by atoms with van der Waals surface area (Å²) in [7, 11) is 0. The van der Waals surface area contributed by atoms with Gasteiger partial charge < -0.3 is 0 Å². The molecule has 2 aromatic heterocycles. The molecule has 0 saturated carbocycles. The molecule has 0 aliphatic rings. The van der Waals surface area contributed by atoms with Gasteiger partial charge in [-0.05, 0) is 36.4 Å². The van der Waals surface area contributed by atoms with Gasteiger partial charge in [-0.15, -0.1) is 0 Å². The predicted octanol–water partition coefficient (Wildman–Crippen LogP) is 2.95. The number of pyridine rings is 1. The van der Waals surface area contributed by atoms with E-state index in [-0.39, 0.29) is 5.56 Å². The minimum atomic E-state index is -0.534. The van der Waals surface area contributed by atoms with Crippen LogP contribution in [0.3, 0.4) is 0 Å². The molecule has 3 rings (SSSR count). The Kier molecular flexibility index (Phi) is 2.98. The van der Waals surface area contributed by atoms with Gasteiger partial charge in [0.1, 0.15) is 17.6 Å². The zero-order valence-electron chi connectivity index (χ0n) is 10.4. The zero-order valence-corrected chi connectivity index (χ0v) is 10.4. The number of aromatic nitrogens is 3. The first-order chi connectivity index (χ1) is 9.78. The van der Waals surface area contributed by atoms with E-state index in [0.717, 1.165) is 5.69 Å². The lowest BCUT2D eigenvalue weighted by Gasteiger charge is -2.02. The van der Waals surface area contributed by atoms with Crippen LogP contribution < -0.4 is 0 Å². The lowest BCUT2D eigenvalue weighted by Crippen LogP contribution is -1.97. The summed E-state index contributed by atoms with van der Waals surface area (Å²) in [5, 5.41) is 13.2. The van der Waals surface area contributed by atoms with Gasteiger partial charge in [0.15, 0.2) is 0 Å². The average Bonchev–Trinajstić information content (AvgIpc) is 2.98. The maximum Gasteiger partial charge on any atom is 0.141 e. The number of rotatable bonds is 2. The predicted molar refractivity (Wildman–Crippen MR) is 71.5 cm³/mol. The fraction of sp³-hybridized carbons (Fsp3) is 0. The first kappa shape index (κ1) is 12.1. The Labute approximate surface area is 114 Å². The summed E-state index contributed by atoms with van der Waals surface area (Å²) in [5.41, 5.74) is 2.10. The maximum absolute atomic E-state index is 13.3. The molecule has 3 aromatic rings. The van der Waals surface area contributed by atoms with Gasteiger partial charge in [0.25, 0.3) is 0 Å². The molecule has 0 aliphatic carbocycles. The smallest absolute Gasteiger partial charge is 0.141 e. The molecule has 1 aromatic carbocycles. The molecule has 4 nitrogen and oxygen atoms in total. The Hall–Kier alpha value is -3.00. The highest BCUT2D eigenvalue weighted by Crippen LogP contribution is 2.17. The van der Waals surface area contributed by atoms with Crippen LogP contribution in [0, 0.1) is 17.1 Å². The number of hydrogen-bond acceptors (Lipinski definition) is 3. The maximum atomic E-state index is 13.3. The van der Waals surface area contributed by atoms with Crippen LogP contribution in [-0.4, -0.2) is 14.8 Å². The molecule has 20 heavy (non-hydrogen) atoms. The Bertz CT molecular complexity index is 787. The molecule has 0 radical (unpaired) electrons. The zero-order chi connectivity index (χ0) is 13.9. The number of halogens is 1. The third-order valence-corrected chi connectivity index (χ3v) is 2.85. The summed E-state index contributed by atoms with van der Waals surface area (Å²) in [6, 6.07) is 13.5. The highest BCUT2D eigenvalue weighted by atomic mass is 19.1. The van der Waals surface area contributed by atoms with E-state index in [9.17, 15) is 4.39 Å². The molecule has 0 fully saturated rings. The number of nitriles is 1. The summed E-state index contributed by atoms with van der Waals surface area (Å²) in [6.07, 6.45) is 3.44. The van der Waals surface area contributed by atoms with Crippen LogP contribution in [0.25, 0.3) is 17.1 Å². The van der Waals surface area contributed by atoms with Crippen molar-refractivity contribution in [3.8, 4) is 23.1 Å². The van der Waals surface area contributed by atoms with Gasteiger partial charge in [-0.1, -0.05) is 6.07 Å². The average molecular weight is 264 g/mol. The first-order valence-corrected chi connectivity index (χ1v) is 5.95. The highest BCUT2D eigenvalue weighted by Gasteiger charge is 2.07. The van der Waals surface area contributed by atoms with E-state index in [4.69, 9.17) is 5.26 Å². The van der Waals surface area contributed by atoms with Crippen molar-refractivity contribution in [2.45, 2.75) is 0 Å². The van der Waals surface area contributed by atoms with Gasteiger partial charge in [0, 0.05) is 12.4 Å². The van der Waals surface area contributed by atoms with Gasteiger partial charge >= 0.3 is 0 Å². The van der Waals surface area contributed by atoms with Crippen LogP contribution >= 0.6 is 0 Å². The van der Waals surface area contributed by atoms with Crippen molar-refractivity contribution < 1.29 is 4.39 Å². The minimum Gasteiger partial charge on any atom is -0.255 e. The molecule has 0 amide bonds. The number of nitrogens with zero attached hydrogens (tertiary/aromatic N) is 4. The van der Waals surface area contributed by atoms with E-state index < -0.39 is 5.82 Å². The van der Waals surface area contributed by atoms with E-state index in [1.165, 1.54) is 12.1 Å². The molecule has 0 saturated heterocycles. The topological polar surface area (TPSA) is 54.5 Å². The fourth-order valence-corrected chi connectivity index (χ4v) is 1.86. The second-order valence-corrected chi connectivity index (χ2v) is 4.14. The highest BCUT2D eigenvalue weighted by molar-refractivity contribution is 5.53. The molecule has 0 unspecified atom stereocenters. The van der Waals surface area contributed by atoms with Crippen molar-refractivity contribution >= 4 is 0 Å². The fourth-order valence-electron chi connectivity index (χ4n) is 1.86. The Morgan fingerprint density at radius 2 is 2.00 bits per heavy atom. The Morgan fingerprint density at radius 1 is 1.10 bits per heavy atom. The minimum absolute atomic E-state index is 0.00242. The second kappa shape index (κ2) is 4.94. The monoisotopic (exact) mass is 264 g/mol. The molecule has 0 spiro atoms. The number of benzene rings is 1. The Morgan fingerprint density at radius 3 is 2.75 bits per heavy atom. The van der Waals surface area contributed by atoms with Crippen LogP contribution in [0.1, 0.15) is 5.56 Å². The van der Waals surface area contributed by atoms with Crippen molar-refractivity contribution in [1.82, 2.24) is 14.8 Å². The van der Waals surface area contributed by atoms with Crippen LogP contribution in [0.4, 0.5) is 4.39 Å². The van der Waals surface area contributed by atoms with Gasteiger partial charge in [0.05, 0.1) is 16.9 Å². The Balaban J connectivity index is 2.01. The van der Waals surface area contributed by atoms with Gasteiger partial charge in [-0.25, -0.2) is 9.07 Å². The standard InChI is InChI=1S/C15H9FN4/c16-13-5-4-12(9-11(13)10-17)20-8-6-15(19-20)14-3-1-2-7-18-14/h1-9H. The molecule has 0 N–H and O–H groups in total. The summed E-state index contributed by atoms with van der Waals surface area (Å²) in [6.45, 7) is 0. The molecule has 0 aliphatic heterocycles. The lowest BCUT2D eigenvalue weighted by atomic mass is 10.2. The van der Waals surface area contributed by atoms with Gasteiger partial charge in [-0.3, -0.25) is 4.98 Å². The molecular formula is C15H9FN4. The van der Waals surface area contributed by atoms with E-state index >= 15 is 0 Å². The SMILES string of the molecule is N#Cc1cc(-n2ccc(-c3ccccn3)n2)ccc1F. The van der Waals surface area contributed by atoms with E-state index in [0.29, 0.717) is 11.4 Å². The first-order valence-electron chi connectivity index (χ1n) is 5.95. The largest absolute Gasteiger partial charge is 0.255 e. The summed E-state index contributed by atoms with van der Waals surface area (Å²) < 4.78 is 14.9. The molecule has 96 valence electrons. The molecule has 0 bridgehead atoms. The van der Waals surface area contributed by atoms with Crippen LogP contribution in [0.2, 0.25) is 0 Å². The van der Waals surface area contributed by atoms with Crippen molar-refractivity contribution in [1.29, 1.82) is 5.26 Å². The van der Waals surface area contributed by atoms with Gasteiger partial charge in [0.2, 0.25) is 0 Å². The van der Waals surface area contributed by atoms with Crippen molar-refractivity contribution in [3.63, 3.8) is 0 Å². The third kappa shape index (κ3) is 2.15. The van der Waals surface area contributed by atoms with Crippen LogP contribution in [-0.2, 0) is 0 Å². The van der Waals surface area contributed by atoms with E-state index in [1.54, 1.807) is 23.1 Å². The van der Waals surface area contributed by atoms with Crippen LogP contribution in [0.15, 0.2) is 54.9 Å². The van der Waals surface area contributed by atoms with Crippen molar-refractivity contribution in [2.75, 3.05) is 0 Å². The lowest BCUT2D eigenvalue weighted by molar-refractivity contribution is 0.623. The molecule has 2 heterocycles. The summed E-state index contributed by atoms with van der Waals surface area (Å²) in [5.74, 6) is -0.534. The summed E-state index contributed by atoms with van der Waals surface area (Å²) in [4.78, 5) is 4.22. The molecule has 0 atom stereocenters. The second-order valence-electron chi connectivity index (χ2n) is 4.14. The van der Waals surface area contributed by atoms with Crippen molar-refractivity contribution in [3.05, 3.63) is 66.2 Å². The molecule has 5 heteroatoms. The van der Waals surface area contributed by atoms with Crippen LogP contribution in [0.5, 0.6) is 0 Å². The number of hydrogen-bond donors (Lipinski definition) is 0. The van der Waals surface area contributed by atoms with E-state index in [1.807, 2.05) is 30.3 Å². The normalized spacial score (nSPS) is 10.2. The van der Waals surface area contributed by atoms with Gasteiger partial charge in [-0.2, -0.15) is 10.4 Å². The quantitative estimate of drug-likeness (QED) is 0.715. The summed E-state index contributed by atoms with van der Waals surface area (Å²) >= 11 is 0.